The molecular formula is C63H48N2O2. The number of allylic oxidation sites excluding steroid dienone is 4. The number of hydrogen-bond acceptors (Lipinski definition) is 4. The highest BCUT2D eigenvalue weighted by atomic mass is 16.5. The highest BCUT2D eigenvalue weighted by Crippen LogP contribution is 2.63. The molecule has 0 amide bonds. The van der Waals surface area contributed by atoms with Crippen LogP contribution in [0.1, 0.15) is 48.6 Å². The average molecular weight is 865 g/mol. The number of fused-ring (bicyclic) bond motifs is 11. The van der Waals surface area contributed by atoms with E-state index >= 15 is 0 Å². The lowest BCUT2D eigenvalue weighted by molar-refractivity contribution is 0.436. The number of rotatable bonds is 8. The number of para-hydroxylation sites is 5. The van der Waals surface area contributed by atoms with Gasteiger partial charge in [-0.25, -0.2) is 0 Å². The number of nitrogens with zero attached hydrogens (tertiary/aromatic N) is 2. The summed E-state index contributed by atoms with van der Waals surface area (Å²) in [6.45, 7) is 6.52. The topological polar surface area (TPSA) is 24.9 Å². The second-order valence-corrected chi connectivity index (χ2v) is 17.8. The summed E-state index contributed by atoms with van der Waals surface area (Å²) < 4.78 is 13.6. The molecule has 0 bridgehead atoms. The Morgan fingerprint density at radius 1 is 0.493 bits per heavy atom. The van der Waals surface area contributed by atoms with Crippen LogP contribution >= 0.6 is 0 Å². The van der Waals surface area contributed by atoms with Gasteiger partial charge in [-0.2, -0.15) is 0 Å². The number of benzene rings is 9. The van der Waals surface area contributed by atoms with E-state index in [1.807, 2.05) is 6.07 Å². The van der Waals surface area contributed by atoms with Crippen molar-refractivity contribution < 1.29 is 9.47 Å². The fourth-order valence-electron chi connectivity index (χ4n) is 10.7. The Morgan fingerprint density at radius 2 is 1.06 bits per heavy atom. The van der Waals surface area contributed by atoms with Crippen LogP contribution < -0.4 is 19.3 Å². The van der Waals surface area contributed by atoms with Crippen LogP contribution in [0.3, 0.4) is 0 Å². The summed E-state index contributed by atoms with van der Waals surface area (Å²) in [6.07, 6.45) is 6.62. The molecule has 67 heavy (non-hydrogen) atoms. The summed E-state index contributed by atoms with van der Waals surface area (Å²) in [5, 5.41) is 0. The molecule has 0 saturated carbocycles. The van der Waals surface area contributed by atoms with E-state index in [9.17, 15) is 0 Å². The van der Waals surface area contributed by atoms with Crippen molar-refractivity contribution >= 4 is 39.7 Å². The van der Waals surface area contributed by atoms with Gasteiger partial charge in [0.2, 0.25) is 0 Å². The van der Waals surface area contributed by atoms with Crippen molar-refractivity contribution in [2.75, 3.05) is 9.80 Å². The van der Waals surface area contributed by atoms with Crippen molar-refractivity contribution in [1.29, 1.82) is 0 Å². The molecule has 0 N–H and O–H groups in total. The lowest BCUT2D eigenvalue weighted by Gasteiger charge is -2.39. The van der Waals surface area contributed by atoms with E-state index in [0.717, 1.165) is 79.4 Å². The van der Waals surface area contributed by atoms with Crippen molar-refractivity contribution in [2.24, 2.45) is 5.92 Å². The fraction of sp³-hybridized carbons (Fsp3) is 0.0794. The minimum Gasteiger partial charge on any atom is -0.457 e. The Morgan fingerprint density at radius 3 is 1.79 bits per heavy atom. The lowest BCUT2D eigenvalue weighted by Crippen LogP contribution is -2.32. The summed E-state index contributed by atoms with van der Waals surface area (Å²) in [4.78, 5) is 4.73. The molecule has 0 aromatic heterocycles. The molecule has 0 radical (unpaired) electrons. The molecule has 9 aromatic carbocycles. The lowest BCUT2D eigenvalue weighted by atomic mass is 9.66. The molecule has 4 nitrogen and oxygen atoms in total. The first-order valence-electron chi connectivity index (χ1n) is 23.2. The molecular weight excluding hydrogens is 817 g/mol. The molecule has 1 spiro atoms. The third-order valence-corrected chi connectivity index (χ3v) is 13.4. The van der Waals surface area contributed by atoms with Gasteiger partial charge < -0.3 is 19.3 Å². The largest absolute Gasteiger partial charge is 0.457 e. The molecule has 12 rings (SSSR count). The average Bonchev–Trinajstić information content (AvgIpc) is 3.65. The highest BCUT2D eigenvalue weighted by Gasteiger charge is 2.51. The molecule has 322 valence electrons. The molecule has 0 saturated heterocycles. The van der Waals surface area contributed by atoms with Gasteiger partial charge in [-0.05, 0) is 119 Å². The Hall–Kier alpha value is -8.34. The second-order valence-electron chi connectivity index (χ2n) is 17.8. The van der Waals surface area contributed by atoms with Crippen LogP contribution in [-0.2, 0) is 5.41 Å². The smallest absolute Gasteiger partial charge is 0.153 e. The van der Waals surface area contributed by atoms with Gasteiger partial charge >= 0.3 is 0 Å². The summed E-state index contributed by atoms with van der Waals surface area (Å²) >= 11 is 0. The van der Waals surface area contributed by atoms with Crippen molar-refractivity contribution in [3.8, 4) is 45.3 Å². The number of hydrogen-bond donors (Lipinski definition) is 0. The van der Waals surface area contributed by atoms with Crippen molar-refractivity contribution in [3.05, 3.63) is 258 Å². The molecule has 4 heteroatoms. The molecule has 3 aliphatic rings. The van der Waals surface area contributed by atoms with E-state index in [-0.39, 0.29) is 0 Å². The maximum atomic E-state index is 6.93. The Labute approximate surface area is 393 Å². The molecule has 0 atom stereocenters. The molecule has 9 aromatic rings. The van der Waals surface area contributed by atoms with Crippen LogP contribution in [0.2, 0.25) is 0 Å². The van der Waals surface area contributed by atoms with E-state index < -0.39 is 5.41 Å². The van der Waals surface area contributed by atoms with E-state index in [2.05, 4.69) is 255 Å². The Bertz CT molecular complexity index is 3370. The van der Waals surface area contributed by atoms with Gasteiger partial charge in [0.05, 0.1) is 28.2 Å². The molecule has 0 unspecified atom stereocenters. The Balaban J connectivity index is 1.06. The summed E-state index contributed by atoms with van der Waals surface area (Å²) in [6, 6.07) is 76.3. The van der Waals surface area contributed by atoms with Gasteiger partial charge in [0.15, 0.2) is 11.5 Å². The Kier molecular flexibility index (Phi) is 9.76. The zero-order valence-corrected chi connectivity index (χ0v) is 37.7. The third-order valence-electron chi connectivity index (χ3n) is 13.4. The van der Waals surface area contributed by atoms with Gasteiger partial charge in [-0.3, -0.25) is 0 Å². The van der Waals surface area contributed by atoms with Gasteiger partial charge in [0.1, 0.15) is 11.5 Å². The van der Waals surface area contributed by atoms with Gasteiger partial charge in [0.25, 0.3) is 0 Å². The van der Waals surface area contributed by atoms with Gasteiger partial charge in [0, 0.05) is 34.1 Å². The first kappa shape index (κ1) is 40.2. The van der Waals surface area contributed by atoms with Crippen molar-refractivity contribution in [1.82, 2.24) is 0 Å². The third kappa shape index (κ3) is 6.51. The number of ether oxygens (including phenoxy) is 2. The van der Waals surface area contributed by atoms with Crippen LogP contribution in [0.5, 0.6) is 23.0 Å². The minimum absolute atomic E-state index is 0.432. The van der Waals surface area contributed by atoms with E-state index in [4.69, 9.17) is 9.47 Å². The number of anilines is 6. The maximum absolute atomic E-state index is 6.93. The van der Waals surface area contributed by atoms with Crippen molar-refractivity contribution in [3.63, 3.8) is 0 Å². The van der Waals surface area contributed by atoms with Crippen LogP contribution in [0, 0.1) is 5.92 Å². The molecule has 2 heterocycles. The molecule has 0 fully saturated rings. The normalized spacial score (nSPS) is 13.8. The summed E-state index contributed by atoms with van der Waals surface area (Å²) in [5.74, 6) is 3.75. The monoisotopic (exact) mass is 864 g/mol. The van der Waals surface area contributed by atoms with E-state index in [1.165, 1.54) is 33.4 Å². The van der Waals surface area contributed by atoms with Gasteiger partial charge in [-0.15, -0.1) is 0 Å². The van der Waals surface area contributed by atoms with Gasteiger partial charge in [-0.1, -0.05) is 172 Å². The predicted molar refractivity (Wildman–Crippen MR) is 276 cm³/mol. The summed E-state index contributed by atoms with van der Waals surface area (Å²) in [5.41, 5.74) is 17.3. The highest BCUT2D eigenvalue weighted by molar-refractivity contribution is 5.95. The summed E-state index contributed by atoms with van der Waals surface area (Å²) in [7, 11) is 0. The standard InChI is InChI=1S/C63H48N2O2/c1-4-18-45(39-42(2)3)43-31-33-46(34-32-43)65-57-27-14-17-30-61(57)67-62-41-48(36-38-58(62)65)64(56-26-13-9-21-49(56)44-19-6-5-7-20-44)47-35-37-51-50-22-8-10-23-52(50)63(55(51)40-47)53-24-11-15-28-59(53)66-60-29-16-12-25-54(60)63/h4-42H,1-3H3/b18-4-,45-39+. The first-order chi connectivity index (χ1) is 33.0. The SMILES string of the molecule is C/C=C\C(=C/C(C)C)c1ccc(N2c3ccccc3Oc3cc(N(c4ccc5c(c4)C4(c6ccccc6Oc6ccccc64)c4ccccc4-5)c4ccccc4-c4ccccc4)ccc32)cc1. The predicted octanol–water partition coefficient (Wildman–Crippen LogP) is 17.5. The quantitative estimate of drug-likeness (QED) is 0.142. The first-order valence-corrected chi connectivity index (χ1v) is 23.2. The van der Waals surface area contributed by atoms with Crippen molar-refractivity contribution in [2.45, 2.75) is 26.2 Å². The molecule has 1 aliphatic carbocycles. The minimum atomic E-state index is -0.616. The van der Waals surface area contributed by atoms with E-state index in [0.29, 0.717) is 5.92 Å². The van der Waals surface area contributed by atoms with Crippen LogP contribution in [-0.4, -0.2) is 0 Å². The van der Waals surface area contributed by atoms with Crippen LogP contribution in [0.4, 0.5) is 34.1 Å². The van der Waals surface area contributed by atoms with Crippen LogP contribution in [0.25, 0.3) is 27.8 Å². The molecule has 2 aliphatic heterocycles. The fourth-order valence-corrected chi connectivity index (χ4v) is 10.7. The van der Waals surface area contributed by atoms with E-state index in [1.54, 1.807) is 0 Å². The second kappa shape index (κ2) is 16.3. The van der Waals surface area contributed by atoms with Crippen LogP contribution in [0.15, 0.2) is 231 Å². The zero-order chi connectivity index (χ0) is 45.1. The zero-order valence-electron chi connectivity index (χ0n) is 37.7. The maximum Gasteiger partial charge on any atom is 0.153 e.